The minimum Gasteiger partial charge on any atom is -0.369 e. The van der Waals surface area contributed by atoms with Crippen LogP contribution in [0.25, 0.3) is 6.08 Å². The summed E-state index contributed by atoms with van der Waals surface area (Å²) in [6.07, 6.45) is 8.29. The number of carbonyl (C=O) groups is 1. The van der Waals surface area contributed by atoms with Crippen LogP contribution in [-0.2, 0) is 5.41 Å². The number of nitrogens with one attached hydrogen (secondary N) is 1. The third kappa shape index (κ3) is 4.03. The predicted molar refractivity (Wildman–Crippen MR) is 103 cm³/mol. The molecule has 5 heteroatoms. The molecule has 1 aliphatic rings. The average Bonchev–Trinajstić information content (AvgIpc) is 3.09. The van der Waals surface area contributed by atoms with Gasteiger partial charge in [0.2, 0.25) is 0 Å². The van der Waals surface area contributed by atoms with Crippen molar-refractivity contribution in [3.63, 3.8) is 0 Å². The van der Waals surface area contributed by atoms with Gasteiger partial charge in [0.15, 0.2) is 5.78 Å². The molecule has 2 heterocycles. The fraction of sp³-hybridized carbons (Fsp3) is 0.429. The van der Waals surface area contributed by atoms with Crippen molar-refractivity contribution in [2.24, 2.45) is 0 Å². The van der Waals surface area contributed by atoms with E-state index in [9.17, 15) is 9.18 Å². The van der Waals surface area contributed by atoms with Gasteiger partial charge in [-0.3, -0.25) is 9.89 Å². The van der Waals surface area contributed by atoms with Gasteiger partial charge in [-0.25, -0.2) is 4.39 Å². The number of anilines is 1. The van der Waals surface area contributed by atoms with E-state index in [2.05, 4.69) is 35.9 Å². The number of halogens is 1. The summed E-state index contributed by atoms with van der Waals surface area (Å²) in [5.74, 6) is -0.542. The third-order valence-electron chi connectivity index (χ3n) is 4.76. The second kappa shape index (κ2) is 7.44. The van der Waals surface area contributed by atoms with E-state index in [-0.39, 0.29) is 17.0 Å². The van der Waals surface area contributed by atoms with Crippen LogP contribution in [0.15, 0.2) is 30.5 Å². The van der Waals surface area contributed by atoms with Gasteiger partial charge in [0.05, 0.1) is 11.9 Å². The molecule has 1 aliphatic heterocycles. The number of aromatic amines is 1. The van der Waals surface area contributed by atoms with E-state index in [1.807, 2.05) is 0 Å². The van der Waals surface area contributed by atoms with Crippen molar-refractivity contribution in [2.75, 3.05) is 18.0 Å². The predicted octanol–water partition coefficient (Wildman–Crippen LogP) is 4.73. The summed E-state index contributed by atoms with van der Waals surface area (Å²) in [6, 6.07) is 4.77. The Morgan fingerprint density at radius 2 is 1.96 bits per heavy atom. The summed E-state index contributed by atoms with van der Waals surface area (Å²) in [5.41, 5.74) is 2.70. The Balaban J connectivity index is 1.76. The van der Waals surface area contributed by atoms with Gasteiger partial charge in [-0.1, -0.05) is 20.8 Å². The summed E-state index contributed by atoms with van der Waals surface area (Å²) in [5, 5.41) is 7.05. The first-order valence-electron chi connectivity index (χ1n) is 9.17. The van der Waals surface area contributed by atoms with E-state index in [0.29, 0.717) is 11.3 Å². The summed E-state index contributed by atoms with van der Waals surface area (Å²) < 4.78 is 14.5. The van der Waals surface area contributed by atoms with Crippen LogP contribution in [0.5, 0.6) is 0 Å². The van der Waals surface area contributed by atoms with Crippen molar-refractivity contribution in [1.29, 1.82) is 0 Å². The Kier molecular flexibility index (Phi) is 5.25. The number of benzene rings is 1. The molecule has 0 amide bonds. The Morgan fingerprint density at radius 1 is 1.23 bits per heavy atom. The topological polar surface area (TPSA) is 49.0 Å². The van der Waals surface area contributed by atoms with Gasteiger partial charge in [0.25, 0.3) is 0 Å². The number of piperidine rings is 1. The number of carbonyl (C=O) groups excluding carboxylic acids is 1. The van der Waals surface area contributed by atoms with Gasteiger partial charge in [-0.2, -0.15) is 5.10 Å². The second-order valence-corrected chi connectivity index (χ2v) is 7.86. The van der Waals surface area contributed by atoms with Crippen molar-refractivity contribution in [3.8, 4) is 0 Å². The molecule has 4 nitrogen and oxygen atoms in total. The lowest BCUT2D eigenvalue weighted by Gasteiger charge is -2.29. The fourth-order valence-corrected chi connectivity index (χ4v) is 3.34. The summed E-state index contributed by atoms with van der Waals surface area (Å²) in [7, 11) is 0. The monoisotopic (exact) mass is 355 g/mol. The van der Waals surface area contributed by atoms with Crippen LogP contribution in [0.4, 0.5) is 10.1 Å². The number of ketones is 1. The molecule has 1 aromatic carbocycles. The minimum absolute atomic E-state index is 0.0958. The molecule has 0 saturated carbocycles. The van der Waals surface area contributed by atoms with Crippen LogP contribution in [0.3, 0.4) is 0 Å². The Labute approximate surface area is 154 Å². The second-order valence-electron chi connectivity index (χ2n) is 7.86. The molecule has 2 aromatic rings. The smallest absolute Gasteiger partial charge is 0.185 e. The number of hydrogen-bond acceptors (Lipinski definition) is 3. The largest absolute Gasteiger partial charge is 0.369 e. The van der Waals surface area contributed by atoms with Crippen LogP contribution in [-0.4, -0.2) is 29.1 Å². The maximum absolute atomic E-state index is 14.5. The van der Waals surface area contributed by atoms with Crippen molar-refractivity contribution < 1.29 is 9.18 Å². The standard InChI is InChI=1S/C21H26FN3O/c1-21(2,3)20-16(14-23-24-20)8-10-19(26)15-7-9-18(17(22)13-15)25-11-5-4-6-12-25/h7-10,13-14H,4-6,11-12H2,1-3H3,(H,23,24)/b10-8+. The highest BCUT2D eigenvalue weighted by atomic mass is 19.1. The third-order valence-corrected chi connectivity index (χ3v) is 4.76. The molecule has 0 atom stereocenters. The quantitative estimate of drug-likeness (QED) is 0.637. The maximum atomic E-state index is 14.5. The number of allylic oxidation sites excluding steroid dienone is 1. The molecule has 0 radical (unpaired) electrons. The van der Waals surface area contributed by atoms with Crippen LogP contribution >= 0.6 is 0 Å². The lowest BCUT2D eigenvalue weighted by Crippen LogP contribution is -2.30. The highest BCUT2D eigenvalue weighted by Gasteiger charge is 2.19. The number of H-pyrrole nitrogens is 1. The first-order chi connectivity index (χ1) is 12.4. The van der Waals surface area contributed by atoms with Gasteiger partial charge >= 0.3 is 0 Å². The van der Waals surface area contributed by atoms with Gasteiger partial charge < -0.3 is 4.90 Å². The molecular formula is C21H26FN3O. The Bertz CT molecular complexity index is 811. The average molecular weight is 355 g/mol. The highest BCUT2D eigenvalue weighted by Crippen LogP contribution is 2.26. The lowest BCUT2D eigenvalue weighted by molar-refractivity contribution is 0.104. The molecule has 138 valence electrons. The van der Waals surface area contributed by atoms with E-state index in [4.69, 9.17) is 0 Å². The van der Waals surface area contributed by atoms with E-state index < -0.39 is 0 Å². The van der Waals surface area contributed by atoms with Crippen molar-refractivity contribution in [2.45, 2.75) is 45.4 Å². The molecule has 3 rings (SSSR count). The molecule has 0 spiro atoms. The maximum Gasteiger partial charge on any atom is 0.185 e. The highest BCUT2D eigenvalue weighted by molar-refractivity contribution is 6.07. The van der Waals surface area contributed by atoms with Crippen molar-refractivity contribution in [1.82, 2.24) is 10.2 Å². The van der Waals surface area contributed by atoms with Gasteiger partial charge in [0.1, 0.15) is 5.82 Å². The van der Waals surface area contributed by atoms with Gasteiger partial charge in [-0.05, 0) is 49.6 Å². The zero-order valence-electron chi connectivity index (χ0n) is 15.7. The number of nitrogens with zero attached hydrogens (tertiary/aromatic N) is 2. The van der Waals surface area contributed by atoms with E-state index >= 15 is 0 Å². The molecule has 0 aliphatic carbocycles. The Morgan fingerprint density at radius 3 is 2.62 bits per heavy atom. The van der Waals surface area contributed by atoms with Crippen molar-refractivity contribution in [3.05, 3.63) is 53.1 Å². The van der Waals surface area contributed by atoms with E-state index in [1.54, 1.807) is 24.4 Å². The minimum atomic E-state index is -0.329. The number of hydrogen-bond donors (Lipinski definition) is 1. The fourth-order valence-electron chi connectivity index (χ4n) is 3.34. The lowest BCUT2D eigenvalue weighted by atomic mass is 9.89. The molecule has 1 aromatic heterocycles. The van der Waals surface area contributed by atoms with Crippen LogP contribution in [0.2, 0.25) is 0 Å². The van der Waals surface area contributed by atoms with Gasteiger partial charge in [-0.15, -0.1) is 0 Å². The Hall–Kier alpha value is -2.43. The summed E-state index contributed by atoms with van der Waals surface area (Å²) >= 11 is 0. The molecule has 1 saturated heterocycles. The van der Waals surface area contributed by atoms with E-state index in [0.717, 1.165) is 37.2 Å². The van der Waals surface area contributed by atoms with Crippen molar-refractivity contribution >= 4 is 17.5 Å². The van der Waals surface area contributed by atoms with Gasteiger partial charge in [0, 0.05) is 35.3 Å². The van der Waals surface area contributed by atoms with Crippen LogP contribution < -0.4 is 4.90 Å². The molecule has 26 heavy (non-hydrogen) atoms. The molecular weight excluding hydrogens is 329 g/mol. The number of rotatable bonds is 4. The SMILES string of the molecule is CC(C)(C)c1[nH]ncc1/C=C/C(=O)c1ccc(N2CCCCC2)c(F)c1. The van der Waals surface area contributed by atoms with E-state index in [1.165, 1.54) is 18.6 Å². The molecule has 1 N–H and O–H groups in total. The summed E-state index contributed by atoms with van der Waals surface area (Å²) in [4.78, 5) is 14.5. The zero-order valence-corrected chi connectivity index (χ0v) is 15.7. The van der Waals surface area contributed by atoms with Crippen LogP contribution in [0.1, 0.15) is 61.6 Å². The van der Waals surface area contributed by atoms with Crippen LogP contribution in [0, 0.1) is 5.82 Å². The normalized spacial score (nSPS) is 15.6. The molecule has 0 bridgehead atoms. The zero-order chi connectivity index (χ0) is 18.7. The molecule has 1 fully saturated rings. The molecule has 0 unspecified atom stereocenters. The number of aromatic nitrogens is 2. The first-order valence-corrected chi connectivity index (χ1v) is 9.17. The summed E-state index contributed by atoms with van der Waals surface area (Å²) in [6.45, 7) is 7.98. The first kappa shape index (κ1) is 18.4.